The Morgan fingerprint density at radius 1 is 0.550 bits per heavy atom. The van der Waals surface area contributed by atoms with Crippen molar-refractivity contribution in [3.8, 4) is 0 Å². The van der Waals surface area contributed by atoms with Crippen LogP contribution < -0.4 is 26.4 Å². The highest BCUT2D eigenvalue weighted by atomic mass is 31.0. The van der Waals surface area contributed by atoms with Gasteiger partial charge in [-0.1, -0.05) is 73.6 Å². The molecule has 0 aromatic carbocycles. The highest BCUT2D eigenvalue weighted by molar-refractivity contribution is 7.13. The van der Waals surface area contributed by atoms with Gasteiger partial charge in [0.1, 0.15) is 24.8 Å². The van der Waals surface area contributed by atoms with Crippen LogP contribution in [-0.4, -0.2) is 141 Å². The largest absolute Gasteiger partial charge is 0.481 e. The van der Waals surface area contributed by atoms with Gasteiger partial charge in [-0.3, -0.25) is 33.9 Å². The first-order valence-corrected chi connectivity index (χ1v) is 22.0. The van der Waals surface area contributed by atoms with Crippen molar-refractivity contribution in [2.45, 2.75) is 134 Å². The van der Waals surface area contributed by atoms with Crippen LogP contribution in [0.4, 0.5) is 0 Å². The van der Waals surface area contributed by atoms with E-state index >= 15 is 0 Å². The molecule has 20 heteroatoms. The zero-order chi connectivity index (χ0) is 44.3. The van der Waals surface area contributed by atoms with Gasteiger partial charge in [0.25, 0.3) is 0 Å². The maximum atomic E-state index is 12.5. The molecular weight excluding hydrogens is 805 g/mol. The van der Waals surface area contributed by atoms with E-state index < -0.39 is 35.4 Å². The number of ether oxygens (including phenoxy) is 4. The number of carbonyl (C=O) groups excluding carboxylic acids is 4. The molecule has 0 aliphatic heterocycles. The fraction of sp³-hybridized carbons (Fsp3) is 0.825. The lowest BCUT2D eigenvalue weighted by Crippen LogP contribution is -2.45. The molecule has 1 aliphatic rings. The van der Waals surface area contributed by atoms with E-state index in [9.17, 15) is 38.7 Å². The Balaban J connectivity index is 1.95. The van der Waals surface area contributed by atoms with Crippen molar-refractivity contribution in [2.75, 3.05) is 72.5 Å². The summed E-state index contributed by atoms with van der Waals surface area (Å²) in [6.07, 6.45) is 14.7. The van der Waals surface area contributed by atoms with Crippen molar-refractivity contribution in [3.05, 3.63) is 0 Å². The molecule has 0 aromatic heterocycles. The molecule has 0 heterocycles. The average Bonchev–Trinajstić information content (AvgIpc) is 3.90. The number of carboxylic acid groups (broad SMARTS) is 3. The molecule has 1 rings (SSSR count). The SMILES string of the molecule is O=C(O)CCCCCCCCCCCCCCC(=O)NC1(C(=O)O)CC1CC(=O)NCCOCCOCC(=O)NCCOCCOCC(=O)NCCCC[C@H](NP)C(=O)O. The van der Waals surface area contributed by atoms with Gasteiger partial charge < -0.3 is 55.5 Å². The van der Waals surface area contributed by atoms with Gasteiger partial charge in [0.15, 0.2) is 0 Å². The number of carboxylic acids is 3. The van der Waals surface area contributed by atoms with Crippen molar-refractivity contribution >= 4 is 50.9 Å². The molecular formula is C40H72N5O14P. The summed E-state index contributed by atoms with van der Waals surface area (Å²) in [6, 6.07) is -0.633. The minimum atomic E-state index is -1.40. The monoisotopic (exact) mass is 877 g/mol. The quantitative estimate of drug-likeness (QED) is 0.0323. The van der Waals surface area contributed by atoms with Gasteiger partial charge in [-0.15, -0.1) is 0 Å². The Hall–Kier alpha value is -3.48. The van der Waals surface area contributed by atoms with Gasteiger partial charge in [0, 0.05) is 44.8 Å². The van der Waals surface area contributed by atoms with Crippen LogP contribution in [0.1, 0.15) is 122 Å². The number of nitrogens with one attached hydrogen (secondary N) is 5. The maximum absolute atomic E-state index is 12.5. The number of amides is 4. The molecule has 0 radical (unpaired) electrons. The van der Waals surface area contributed by atoms with Crippen LogP contribution in [-0.2, 0) is 52.5 Å². The molecule has 4 atom stereocenters. The van der Waals surface area contributed by atoms with Crippen LogP contribution in [0.3, 0.4) is 0 Å². The van der Waals surface area contributed by atoms with Crippen LogP contribution in [0.15, 0.2) is 0 Å². The lowest BCUT2D eigenvalue weighted by molar-refractivity contribution is -0.144. The summed E-state index contributed by atoms with van der Waals surface area (Å²) in [5, 5.41) is 40.8. The predicted molar refractivity (Wildman–Crippen MR) is 224 cm³/mol. The van der Waals surface area contributed by atoms with E-state index in [-0.39, 0.29) is 115 Å². The highest BCUT2D eigenvalue weighted by Crippen LogP contribution is 2.46. The number of rotatable bonds is 42. The van der Waals surface area contributed by atoms with Crippen LogP contribution in [0, 0.1) is 5.92 Å². The third-order valence-electron chi connectivity index (χ3n) is 9.91. The summed E-state index contributed by atoms with van der Waals surface area (Å²) in [6.45, 7) is 1.86. The normalized spacial score (nSPS) is 16.1. The molecule has 60 heavy (non-hydrogen) atoms. The molecule has 1 fully saturated rings. The highest BCUT2D eigenvalue weighted by Gasteiger charge is 2.61. The Labute approximate surface area is 356 Å². The molecule has 0 saturated heterocycles. The zero-order valence-corrected chi connectivity index (χ0v) is 36.4. The van der Waals surface area contributed by atoms with Gasteiger partial charge in [0.05, 0.1) is 39.6 Å². The fourth-order valence-corrected chi connectivity index (χ4v) is 6.67. The lowest BCUT2D eigenvalue weighted by Gasteiger charge is -2.15. The van der Waals surface area contributed by atoms with Crippen molar-refractivity contribution < 1.29 is 67.8 Å². The molecule has 0 bridgehead atoms. The minimum Gasteiger partial charge on any atom is -0.481 e. The first-order chi connectivity index (χ1) is 28.9. The smallest absolute Gasteiger partial charge is 0.329 e. The van der Waals surface area contributed by atoms with Crippen LogP contribution in [0.2, 0.25) is 0 Å². The summed E-state index contributed by atoms with van der Waals surface area (Å²) in [5.74, 6) is -4.51. The second kappa shape index (κ2) is 35.2. The van der Waals surface area contributed by atoms with Crippen molar-refractivity contribution in [3.63, 3.8) is 0 Å². The van der Waals surface area contributed by atoms with E-state index in [0.717, 1.165) is 51.4 Å². The number of hydrogen-bond acceptors (Lipinski definition) is 12. The molecule has 4 amide bonds. The fourth-order valence-electron chi connectivity index (χ4n) is 6.36. The summed E-state index contributed by atoms with van der Waals surface area (Å²) in [4.78, 5) is 82.1. The molecule has 19 nitrogen and oxygen atoms in total. The molecule has 8 N–H and O–H groups in total. The van der Waals surface area contributed by atoms with Gasteiger partial charge in [0.2, 0.25) is 23.6 Å². The van der Waals surface area contributed by atoms with Crippen LogP contribution >= 0.6 is 9.39 Å². The van der Waals surface area contributed by atoms with E-state index in [1.807, 2.05) is 0 Å². The Morgan fingerprint density at radius 2 is 1.02 bits per heavy atom. The standard InChI is InChI=1S/C40H72N5O14P/c46-33(16-11-9-7-5-3-1-2-4-6-8-10-12-17-37(50)51)44-40(39(54)55)28-31(40)27-34(47)42-19-21-56-23-26-59-30-36(49)43-20-22-57-24-25-58-29-35(48)41-18-14-13-15-32(45-60)38(52)53/h31-32,45H,1-30,60H2,(H,41,48)(H,42,47)(H,43,49)(H,44,46)(H,50,51)(H,52,53)(H,54,55)/t31?,32-,40?/m0/s1. The van der Waals surface area contributed by atoms with E-state index in [4.69, 9.17) is 29.2 Å². The zero-order valence-electron chi connectivity index (χ0n) is 35.3. The Kier molecular flexibility index (Phi) is 32.0. The molecule has 346 valence electrons. The Bertz CT molecular complexity index is 1260. The summed E-state index contributed by atoms with van der Waals surface area (Å²) in [5.41, 5.74) is -1.40. The number of hydrogen-bond donors (Lipinski definition) is 8. The van der Waals surface area contributed by atoms with Gasteiger partial charge in [-0.05, 0) is 38.5 Å². The first kappa shape index (κ1) is 54.5. The van der Waals surface area contributed by atoms with Crippen molar-refractivity contribution in [1.82, 2.24) is 26.4 Å². The van der Waals surface area contributed by atoms with Crippen LogP contribution in [0.5, 0.6) is 0 Å². The summed E-state index contributed by atoms with van der Waals surface area (Å²) < 4.78 is 21.3. The van der Waals surface area contributed by atoms with Crippen LogP contribution in [0.25, 0.3) is 0 Å². The second-order valence-corrected chi connectivity index (χ2v) is 15.3. The van der Waals surface area contributed by atoms with Gasteiger partial charge in [-0.25, -0.2) is 4.79 Å². The number of carbonyl (C=O) groups is 7. The minimum absolute atomic E-state index is 0.0221. The van der Waals surface area contributed by atoms with E-state index in [0.29, 0.717) is 32.2 Å². The second-order valence-electron chi connectivity index (χ2n) is 15.0. The Morgan fingerprint density at radius 3 is 1.50 bits per heavy atom. The molecule has 0 aromatic rings. The number of aliphatic carboxylic acids is 3. The first-order valence-electron chi connectivity index (χ1n) is 21.5. The molecule has 1 saturated carbocycles. The molecule has 3 unspecified atom stereocenters. The summed E-state index contributed by atoms with van der Waals surface area (Å²) >= 11 is 0. The van der Waals surface area contributed by atoms with E-state index in [1.54, 1.807) is 0 Å². The van der Waals surface area contributed by atoms with E-state index in [2.05, 4.69) is 35.7 Å². The molecule has 0 spiro atoms. The predicted octanol–water partition coefficient (Wildman–Crippen LogP) is 2.30. The van der Waals surface area contributed by atoms with Crippen molar-refractivity contribution in [1.29, 1.82) is 0 Å². The third kappa shape index (κ3) is 28.9. The number of unbranched alkanes of at least 4 members (excludes halogenated alkanes) is 12. The van der Waals surface area contributed by atoms with Crippen molar-refractivity contribution in [2.24, 2.45) is 5.92 Å². The van der Waals surface area contributed by atoms with Gasteiger partial charge >= 0.3 is 17.9 Å². The summed E-state index contributed by atoms with van der Waals surface area (Å²) in [7, 11) is 2.19. The average molecular weight is 878 g/mol. The topological polar surface area (TPSA) is 277 Å². The maximum Gasteiger partial charge on any atom is 0.329 e. The lowest BCUT2D eigenvalue weighted by atomic mass is 10.0. The van der Waals surface area contributed by atoms with E-state index in [1.165, 1.54) is 19.3 Å². The third-order valence-corrected chi connectivity index (χ3v) is 10.3. The molecule has 1 aliphatic carbocycles. The van der Waals surface area contributed by atoms with Gasteiger partial charge in [-0.2, -0.15) is 0 Å².